The molecular weight excluding hydrogens is 336 g/mol. The van der Waals surface area contributed by atoms with E-state index in [0.29, 0.717) is 12.8 Å². The Labute approximate surface area is 149 Å². The lowest BCUT2D eigenvalue weighted by Gasteiger charge is -2.19. The number of hydrogen-bond donors (Lipinski definition) is 3. The van der Waals surface area contributed by atoms with E-state index >= 15 is 0 Å². The highest BCUT2D eigenvalue weighted by Gasteiger charge is 2.55. The summed E-state index contributed by atoms with van der Waals surface area (Å²) in [4.78, 5) is 28.6. The quantitative estimate of drug-likeness (QED) is 0.661. The van der Waals surface area contributed by atoms with Crippen molar-refractivity contribution < 1.29 is 19.2 Å². The molecule has 2 amide bonds. The van der Waals surface area contributed by atoms with Gasteiger partial charge in [-0.25, -0.2) is 0 Å². The van der Waals surface area contributed by atoms with Crippen molar-refractivity contribution in [3.63, 3.8) is 0 Å². The van der Waals surface area contributed by atoms with E-state index in [1.807, 2.05) is 30.3 Å². The van der Waals surface area contributed by atoms with Gasteiger partial charge in [0, 0.05) is 0 Å². The Bertz CT molecular complexity index is 840. The highest BCUT2D eigenvalue weighted by molar-refractivity contribution is 5.91. The van der Waals surface area contributed by atoms with Crippen LogP contribution in [0, 0.1) is 0 Å². The van der Waals surface area contributed by atoms with Crippen LogP contribution in [0.5, 0.6) is 0 Å². The van der Waals surface area contributed by atoms with Crippen LogP contribution in [-0.4, -0.2) is 33.7 Å². The zero-order valence-electron chi connectivity index (χ0n) is 14.1. The van der Waals surface area contributed by atoms with Crippen molar-refractivity contribution in [3.05, 3.63) is 47.6 Å². The lowest BCUT2D eigenvalue weighted by molar-refractivity contribution is -0.125. The Morgan fingerprint density at radius 2 is 1.85 bits per heavy atom. The molecule has 1 atom stereocenters. The SMILES string of the molecule is NC(=O)C1(c2noc([C@@H](CO)NC(=O)C3(c4ccccc4)CC3)n2)CC1. The highest BCUT2D eigenvalue weighted by Crippen LogP contribution is 2.49. The average molecular weight is 356 g/mol. The first kappa shape index (κ1) is 16.7. The third kappa shape index (κ3) is 2.57. The Morgan fingerprint density at radius 3 is 2.38 bits per heavy atom. The van der Waals surface area contributed by atoms with Crippen LogP contribution in [0.15, 0.2) is 34.9 Å². The lowest BCUT2D eigenvalue weighted by atomic mass is 9.95. The maximum Gasteiger partial charge on any atom is 0.251 e. The standard InChI is InChI=1S/C18H20N4O4/c19-14(24)18(8-9-18)15-21-13(26-22-15)12(10-23)20-16(25)17(6-7-17)11-4-2-1-3-5-11/h1-5,12,23H,6-10H2,(H2,19,24)(H,20,25)/t12-/m1/s1. The normalized spacial score (nSPS) is 20.2. The minimum absolute atomic E-state index is 0.0761. The summed E-state index contributed by atoms with van der Waals surface area (Å²) >= 11 is 0. The topological polar surface area (TPSA) is 131 Å². The smallest absolute Gasteiger partial charge is 0.251 e. The summed E-state index contributed by atoms with van der Waals surface area (Å²) in [6, 6.07) is 8.73. The van der Waals surface area contributed by atoms with Gasteiger partial charge in [-0.3, -0.25) is 9.59 Å². The van der Waals surface area contributed by atoms with E-state index in [2.05, 4.69) is 15.5 Å². The number of primary amides is 1. The Balaban J connectivity index is 1.51. The van der Waals surface area contributed by atoms with Crippen LogP contribution in [0.4, 0.5) is 0 Å². The van der Waals surface area contributed by atoms with E-state index in [4.69, 9.17) is 10.3 Å². The number of aromatic nitrogens is 2. The number of carbonyl (C=O) groups excluding carboxylic acids is 2. The maximum atomic E-state index is 12.8. The summed E-state index contributed by atoms with van der Waals surface area (Å²) in [5.74, 6) is -0.377. The molecule has 1 heterocycles. The maximum absolute atomic E-state index is 12.8. The van der Waals surface area contributed by atoms with Crippen LogP contribution >= 0.6 is 0 Å². The van der Waals surface area contributed by atoms with E-state index in [9.17, 15) is 14.7 Å². The largest absolute Gasteiger partial charge is 0.394 e. The fourth-order valence-corrected chi connectivity index (χ4v) is 3.29. The highest BCUT2D eigenvalue weighted by atomic mass is 16.5. The van der Waals surface area contributed by atoms with Crippen LogP contribution in [0.3, 0.4) is 0 Å². The van der Waals surface area contributed by atoms with Gasteiger partial charge in [-0.15, -0.1) is 0 Å². The van der Waals surface area contributed by atoms with Crippen LogP contribution in [0.2, 0.25) is 0 Å². The minimum Gasteiger partial charge on any atom is -0.394 e. The molecule has 0 bridgehead atoms. The van der Waals surface area contributed by atoms with Crippen molar-refractivity contribution in [2.24, 2.45) is 5.73 Å². The summed E-state index contributed by atoms with van der Waals surface area (Å²) in [5.41, 5.74) is 4.93. The van der Waals surface area contributed by atoms with Crippen LogP contribution in [-0.2, 0) is 20.4 Å². The van der Waals surface area contributed by atoms with Crippen molar-refractivity contribution in [3.8, 4) is 0 Å². The fourth-order valence-electron chi connectivity index (χ4n) is 3.29. The Hall–Kier alpha value is -2.74. The van der Waals surface area contributed by atoms with Crippen molar-refractivity contribution in [2.75, 3.05) is 6.61 Å². The molecule has 8 nitrogen and oxygen atoms in total. The average Bonchev–Trinajstić information content (AvgIpc) is 3.58. The summed E-state index contributed by atoms with van der Waals surface area (Å²) in [7, 11) is 0. The molecule has 0 radical (unpaired) electrons. The number of rotatable bonds is 7. The molecule has 2 saturated carbocycles. The molecule has 0 aliphatic heterocycles. The minimum atomic E-state index is -0.868. The van der Waals surface area contributed by atoms with E-state index in [1.165, 1.54) is 0 Å². The van der Waals surface area contributed by atoms with Gasteiger partial charge < -0.3 is 20.7 Å². The number of aliphatic hydroxyl groups excluding tert-OH is 1. The van der Waals surface area contributed by atoms with Gasteiger partial charge >= 0.3 is 0 Å². The zero-order valence-corrected chi connectivity index (χ0v) is 14.1. The van der Waals surface area contributed by atoms with Gasteiger partial charge in [0.15, 0.2) is 5.82 Å². The first-order valence-electron chi connectivity index (χ1n) is 8.63. The number of nitrogens with zero attached hydrogens (tertiary/aromatic N) is 2. The predicted octanol–water partition coefficient (Wildman–Crippen LogP) is 0.468. The number of carbonyl (C=O) groups is 2. The van der Waals surface area contributed by atoms with Gasteiger partial charge in [0.25, 0.3) is 5.89 Å². The second-order valence-corrected chi connectivity index (χ2v) is 7.06. The van der Waals surface area contributed by atoms with Gasteiger partial charge in [0.1, 0.15) is 11.5 Å². The molecule has 4 N–H and O–H groups in total. The zero-order chi connectivity index (χ0) is 18.4. The molecule has 4 rings (SSSR count). The van der Waals surface area contributed by atoms with Gasteiger partial charge in [-0.2, -0.15) is 4.98 Å². The first-order chi connectivity index (χ1) is 12.5. The van der Waals surface area contributed by atoms with Gasteiger partial charge in [0.2, 0.25) is 11.8 Å². The summed E-state index contributed by atoms with van der Waals surface area (Å²) < 4.78 is 5.19. The molecule has 0 spiro atoms. The number of benzene rings is 1. The summed E-state index contributed by atoms with van der Waals surface area (Å²) in [6.45, 7) is -0.387. The molecule has 26 heavy (non-hydrogen) atoms. The van der Waals surface area contributed by atoms with Crippen molar-refractivity contribution >= 4 is 11.8 Å². The summed E-state index contributed by atoms with van der Waals surface area (Å²) in [5, 5.41) is 16.3. The lowest BCUT2D eigenvalue weighted by Crippen LogP contribution is -2.39. The van der Waals surface area contributed by atoms with Crippen LogP contribution in [0.1, 0.15) is 49.0 Å². The van der Waals surface area contributed by atoms with Crippen molar-refractivity contribution in [2.45, 2.75) is 42.6 Å². The number of amides is 2. The molecule has 2 aromatic rings. The second kappa shape index (κ2) is 5.91. The van der Waals surface area contributed by atoms with E-state index in [1.54, 1.807) is 0 Å². The Kier molecular flexibility index (Phi) is 3.80. The van der Waals surface area contributed by atoms with Gasteiger partial charge in [-0.05, 0) is 31.2 Å². The van der Waals surface area contributed by atoms with Crippen molar-refractivity contribution in [1.82, 2.24) is 15.5 Å². The molecule has 8 heteroatoms. The second-order valence-electron chi connectivity index (χ2n) is 7.06. The molecule has 1 aromatic carbocycles. The molecule has 2 aliphatic rings. The van der Waals surface area contributed by atoms with E-state index < -0.39 is 22.8 Å². The monoisotopic (exact) mass is 356 g/mol. The number of nitrogens with one attached hydrogen (secondary N) is 1. The third-order valence-corrected chi connectivity index (χ3v) is 5.39. The van der Waals surface area contributed by atoms with E-state index in [-0.39, 0.29) is 24.2 Å². The molecule has 136 valence electrons. The Morgan fingerprint density at radius 1 is 1.19 bits per heavy atom. The van der Waals surface area contributed by atoms with Gasteiger partial charge in [0.05, 0.1) is 12.0 Å². The molecular formula is C18H20N4O4. The summed E-state index contributed by atoms with van der Waals surface area (Å²) in [6.07, 6.45) is 2.66. The first-order valence-corrected chi connectivity index (χ1v) is 8.63. The predicted molar refractivity (Wildman–Crippen MR) is 89.7 cm³/mol. The number of nitrogens with two attached hydrogens (primary N) is 1. The fraction of sp³-hybridized carbons (Fsp3) is 0.444. The molecule has 2 aliphatic carbocycles. The van der Waals surface area contributed by atoms with Gasteiger partial charge in [-0.1, -0.05) is 35.5 Å². The van der Waals surface area contributed by atoms with Crippen LogP contribution in [0.25, 0.3) is 0 Å². The molecule has 0 saturated heterocycles. The third-order valence-electron chi connectivity index (χ3n) is 5.39. The molecule has 0 unspecified atom stereocenters. The molecule has 2 fully saturated rings. The van der Waals surface area contributed by atoms with Crippen molar-refractivity contribution in [1.29, 1.82) is 0 Å². The molecule has 1 aromatic heterocycles. The number of aliphatic hydroxyl groups is 1. The number of hydrogen-bond acceptors (Lipinski definition) is 6. The van der Waals surface area contributed by atoms with Crippen LogP contribution < -0.4 is 11.1 Å². The van der Waals surface area contributed by atoms with E-state index in [0.717, 1.165) is 18.4 Å².